The van der Waals surface area contributed by atoms with Gasteiger partial charge in [-0.15, -0.1) is 0 Å². The summed E-state index contributed by atoms with van der Waals surface area (Å²) in [5.41, 5.74) is 1.05. The SMILES string of the molecule is CN(C)C=CC(=O)N[C@H]1CC[C@H](CCN2CCN(c3cccc(Cl)c3Cl)CC2)CC1. The van der Waals surface area contributed by atoms with Crippen LogP contribution >= 0.6 is 23.2 Å². The molecule has 0 aromatic heterocycles. The molecule has 1 aliphatic carbocycles. The zero-order valence-electron chi connectivity index (χ0n) is 18.1. The van der Waals surface area contributed by atoms with E-state index in [1.54, 1.807) is 12.3 Å². The van der Waals surface area contributed by atoms with Gasteiger partial charge in [0, 0.05) is 58.6 Å². The predicted octanol–water partition coefficient (Wildman–Crippen LogP) is 4.26. The highest BCUT2D eigenvalue weighted by Gasteiger charge is 2.24. The van der Waals surface area contributed by atoms with Gasteiger partial charge in [0.25, 0.3) is 0 Å². The number of carbonyl (C=O) groups is 1. The number of nitrogens with zero attached hydrogens (tertiary/aromatic N) is 3. The number of carbonyl (C=O) groups excluding carboxylic acids is 1. The highest BCUT2D eigenvalue weighted by atomic mass is 35.5. The molecule has 0 bridgehead atoms. The second-order valence-corrected chi connectivity index (χ2v) is 9.48. The lowest BCUT2D eigenvalue weighted by atomic mass is 9.84. The molecule has 1 saturated carbocycles. The van der Waals surface area contributed by atoms with E-state index in [1.807, 2.05) is 31.1 Å². The van der Waals surface area contributed by atoms with Crippen molar-refractivity contribution in [2.75, 3.05) is 51.7 Å². The van der Waals surface area contributed by atoms with E-state index in [0.29, 0.717) is 16.1 Å². The smallest absolute Gasteiger partial charge is 0.245 e. The van der Waals surface area contributed by atoms with E-state index < -0.39 is 0 Å². The summed E-state index contributed by atoms with van der Waals surface area (Å²) < 4.78 is 0. The van der Waals surface area contributed by atoms with E-state index in [2.05, 4.69) is 21.2 Å². The lowest BCUT2D eigenvalue weighted by Gasteiger charge is -2.37. The molecule has 30 heavy (non-hydrogen) atoms. The molecule has 1 heterocycles. The minimum Gasteiger partial charge on any atom is -0.383 e. The van der Waals surface area contributed by atoms with Gasteiger partial charge in [0.1, 0.15) is 0 Å². The largest absolute Gasteiger partial charge is 0.383 e. The van der Waals surface area contributed by atoms with Crippen molar-refractivity contribution in [3.63, 3.8) is 0 Å². The maximum absolute atomic E-state index is 11.9. The van der Waals surface area contributed by atoms with Crippen LogP contribution in [0, 0.1) is 5.92 Å². The first-order valence-corrected chi connectivity index (χ1v) is 11.7. The van der Waals surface area contributed by atoms with Crippen LogP contribution in [-0.2, 0) is 4.79 Å². The summed E-state index contributed by atoms with van der Waals surface area (Å²) in [6, 6.07) is 6.18. The molecular formula is C23H34Cl2N4O. The number of halogens is 2. The minimum atomic E-state index is 0.0184. The van der Waals surface area contributed by atoms with Crippen LogP contribution in [0.1, 0.15) is 32.1 Å². The van der Waals surface area contributed by atoms with Crippen LogP contribution in [0.4, 0.5) is 5.69 Å². The lowest BCUT2D eigenvalue weighted by Crippen LogP contribution is -2.47. The van der Waals surface area contributed by atoms with E-state index in [4.69, 9.17) is 23.2 Å². The lowest BCUT2D eigenvalue weighted by molar-refractivity contribution is -0.117. The average Bonchev–Trinajstić information content (AvgIpc) is 2.74. The van der Waals surface area contributed by atoms with Crippen molar-refractivity contribution in [2.45, 2.75) is 38.1 Å². The van der Waals surface area contributed by atoms with Crippen molar-refractivity contribution >= 4 is 34.8 Å². The average molecular weight is 453 g/mol. The Balaban J connectivity index is 1.34. The van der Waals surface area contributed by atoms with Gasteiger partial charge in [0.2, 0.25) is 5.91 Å². The van der Waals surface area contributed by atoms with E-state index >= 15 is 0 Å². The summed E-state index contributed by atoms with van der Waals surface area (Å²) in [6.07, 6.45) is 9.25. The fourth-order valence-electron chi connectivity index (χ4n) is 4.38. The molecule has 0 spiro atoms. The fourth-order valence-corrected chi connectivity index (χ4v) is 4.79. The maximum Gasteiger partial charge on any atom is 0.245 e. The second-order valence-electron chi connectivity index (χ2n) is 8.70. The Morgan fingerprint density at radius 1 is 1.13 bits per heavy atom. The molecule has 0 atom stereocenters. The van der Waals surface area contributed by atoms with Gasteiger partial charge in [-0.2, -0.15) is 0 Å². The van der Waals surface area contributed by atoms with Crippen molar-refractivity contribution in [3.05, 3.63) is 40.5 Å². The fraction of sp³-hybridized carbons (Fsp3) is 0.609. The summed E-state index contributed by atoms with van der Waals surface area (Å²) in [4.78, 5) is 18.7. The van der Waals surface area contributed by atoms with Crippen molar-refractivity contribution in [2.24, 2.45) is 5.92 Å². The van der Waals surface area contributed by atoms with Crippen LogP contribution in [0.25, 0.3) is 0 Å². The van der Waals surface area contributed by atoms with Gasteiger partial charge in [-0.05, 0) is 56.7 Å². The molecular weight excluding hydrogens is 419 g/mol. The Hall–Kier alpha value is -1.43. The summed E-state index contributed by atoms with van der Waals surface area (Å²) in [5.74, 6) is 0.792. The highest BCUT2D eigenvalue weighted by molar-refractivity contribution is 6.43. The van der Waals surface area contributed by atoms with Gasteiger partial charge in [-0.25, -0.2) is 0 Å². The number of anilines is 1. The Morgan fingerprint density at radius 2 is 1.83 bits per heavy atom. The molecule has 2 fully saturated rings. The zero-order valence-corrected chi connectivity index (χ0v) is 19.6. The number of rotatable bonds is 7. The van der Waals surface area contributed by atoms with E-state index in [9.17, 15) is 4.79 Å². The normalized spacial score (nSPS) is 23.0. The van der Waals surface area contributed by atoms with Gasteiger partial charge in [-0.3, -0.25) is 9.69 Å². The molecule has 1 aliphatic heterocycles. The Kier molecular flexibility index (Phi) is 8.72. The van der Waals surface area contributed by atoms with Crippen molar-refractivity contribution in [1.82, 2.24) is 15.1 Å². The molecule has 0 unspecified atom stereocenters. The van der Waals surface area contributed by atoms with Gasteiger partial charge in [0.15, 0.2) is 0 Å². The topological polar surface area (TPSA) is 38.8 Å². The number of piperazine rings is 1. The van der Waals surface area contributed by atoms with Crippen LogP contribution in [-0.4, -0.2) is 68.6 Å². The van der Waals surface area contributed by atoms with Gasteiger partial charge >= 0.3 is 0 Å². The minimum absolute atomic E-state index is 0.0184. The molecule has 1 aromatic carbocycles. The van der Waals surface area contributed by atoms with E-state index in [1.165, 1.54) is 19.3 Å². The molecule has 5 nitrogen and oxygen atoms in total. The molecule has 2 aliphatic rings. The first-order valence-electron chi connectivity index (χ1n) is 11.0. The number of amides is 1. The number of hydrogen-bond donors (Lipinski definition) is 1. The van der Waals surface area contributed by atoms with Crippen LogP contribution in [0.3, 0.4) is 0 Å². The third-order valence-electron chi connectivity index (χ3n) is 6.21. The molecule has 166 valence electrons. The van der Waals surface area contributed by atoms with Gasteiger partial charge < -0.3 is 15.1 Å². The zero-order chi connectivity index (χ0) is 21.5. The quantitative estimate of drug-likeness (QED) is 0.627. The van der Waals surface area contributed by atoms with E-state index in [-0.39, 0.29) is 5.91 Å². The van der Waals surface area contributed by atoms with Crippen LogP contribution in [0.15, 0.2) is 30.5 Å². The molecule has 1 N–H and O–H groups in total. The van der Waals surface area contributed by atoms with Gasteiger partial charge in [0.05, 0.1) is 15.7 Å². The Labute approximate surface area is 191 Å². The summed E-state index contributed by atoms with van der Waals surface area (Å²) >= 11 is 12.5. The second kappa shape index (κ2) is 11.3. The van der Waals surface area contributed by atoms with Crippen molar-refractivity contribution < 1.29 is 4.79 Å². The molecule has 1 saturated heterocycles. The summed E-state index contributed by atoms with van der Waals surface area (Å²) in [7, 11) is 3.84. The predicted molar refractivity (Wildman–Crippen MR) is 126 cm³/mol. The number of hydrogen-bond acceptors (Lipinski definition) is 4. The van der Waals surface area contributed by atoms with Crippen molar-refractivity contribution in [1.29, 1.82) is 0 Å². The number of nitrogens with one attached hydrogen (secondary N) is 1. The maximum atomic E-state index is 11.9. The van der Waals surface area contributed by atoms with Crippen LogP contribution in [0.2, 0.25) is 10.0 Å². The molecule has 0 radical (unpaired) electrons. The summed E-state index contributed by atoms with van der Waals surface area (Å²) in [5, 5.41) is 4.42. The van der Waals surface area contributed by atoms with E-state index in [0.717, 1.165) is 57.2 Å². The summed E-state index contributed by atoms with van der Waals surface area (Å²) in [6.45, 7) is 5.25. The highest BCUT2D eigenvalue weighted by Crippen LogP contribution is 2.33. The molecule has 7 heteroatoms. The standard InChI is InChI=1S/C23H34Cl2N4O/c1-27(2)12-11-22(30)26-19-8-6-18(7-9-19)10-13-28-14-16-29(17-15-28)21-5-3-4-20(24)23(21)25/h3-5,11-12,18-19H,6-10,13-17H2,1-2H3,(H,26,30)/t18-,19-. The molecule has 3 rings (SSSR count). The van der Waals surface area contributed by atoms with Crippen LogP contribution < -0.4 is 10.2 Å². The Bertz CT molecular complexity index is 724. The molecule has 1 aromatic rings. The first-order chi connectivity index (χ1) is 14.4. The number of benzene rings is 1. The third kappa shape index (κ3) is 6.79. The van der Waals surface area contributed by atoms with Crippen molar-refractivity contribution in [3.8, 4) is 0 Å². The molecule has 1 amide bonds. The Morgan fingerprint density at radius 3 is 2.50 bits per heavy atom. The first kappa shape index (κ1) is 23.2. The van der Waals surface area contributed by atoms with Gasteiger partial charge in [-0.1, -0.05) is 29.3 Å². The monoisotopic (exact) mass is 452 g/mol. The van der Waals surface area contributed by atoms with Crippen LogP contribution in [0.5, 0.6) is 0 Å². The third-order valence-corrected chi connectivity index (χ3v) is 7.02.